The Labute approximate surface area is 170 Å². The van der Waals surface area contributed by atoms with E-state index in [9.17, 15) is 0 Å². The van der Waals surface area contributed by atoms with Gasteiger partial charge in [0.15, 0.2) is 0 Å². The normalized spacial score (nSPS) is 14.9. The van der Waals surface area contributed by atoms with Crippen molar-refractivity contribution in [1.29, 1.82) is 0 Å². The lowest BCUT2D eigenvalue weighted by Gasteiger charge is -2.27. The van der Waals surface area contributed by atoms with Crippen LogP contribution in [0.2, 0.25) is 0 Å². The first kappa shape index (κ1) is 19.3. The third-order valence-corrected chi connectivity index (χ3v) is 5.04. The van der Waals surface area contributed by atoms with Crippen LogP contribution < -0.4 is 15.2 Å². The Morgan fingerprint density at radius 3 is 2.59 bits per heavy atom. The summed E-state index contributed by atoms with van der Waals surface area (Å²) >= 11 is 0. The summed E-state index contributed by atoms with van der Waals surface area (Å²) in [7, 11) is 0. The molecular formula is C24H26N2O3. The molecule has 0 saturated heterocycles. The van der Waals surface area contributed by atoms with Crippen LogP contribution >= 0.6 is 0 Å². The van der Waals surface area contributed by atoms with Crippen LogP contribution in [-0.2, 0) is 0 Å². The maximum Gasteiger partial charge on any atom is 0.143 e. The van der Waals surface area contributed by atoms with E-state index in [1.807, 2.05) is 30.3 Å². The second-order valence-electron chi connectivity index (χ2n) is 6.86. The zero-order chi connectivity index (χ0) is 20.2. The van der Waals surface area contributed by atoms with Gasteiger partial charge < -0.3 is 24.9 Å². The molecule has 0 bridgehead atoms. The van der Waals surface area contributed by atoms with Gasteiger partial charge in [0.2, 0.25) is 0 Å². The van der Waals surface area contributed by atoms with Crippen LogP contribution in [0.4, 0.5) is 0 Å². The third kappa shape index (κ3) is 3.43. The fraction of sp³-hybridized carbons (Fsp3) is 0.250. The smallest absolute Gasteiger partial charge is 0.143 e. The van der Waals surface area contributed by atoms with E-state index in [0.717, 1.165) is 27.8 Å². The minimum atomic E-state index is 0.135. The van der Waals surface area contributed by atoms with Crippen molar-refractivity contribution < 1.29 is 14.6 Å². The predicted octanol–water partition coefficient (Wildman–Crippen LogP) is 4.11. The Kier molecular flexibility index (Phi) is 5.69. The van der Waals surface area contributed by atoms with Gasteiger partial charge in [-0.25, -0.2) is 0 Å². The summed E-state index contributed by atoms with van der Waals surface area (Å²) < 4.78 is 14.5. The first-order valence-electron chi connectivity index (χ1n) is 9.97. The number of aromatic nitrogens is 1. The van der Waals surface area contributed by atoms with Crippen molar-refractivity contribution in [2.24, 2.45) is 5.73 Å². The number of aliphatic hydroxyl groups is 1. The molecule has 1 unspecified atom stereocenters. The molecular weight excluding hydrogens is 364 g/mol. The van der Waals surface area contributed by atoms with Gasteiger partial charge in [-0.2, -0.15) is 0 Å². The predicted molar refractivity (Wildman–Crippen MR) is 117 cm³/mol. The Bertz CT molecular complexity index is 1110. The van der Waals surface area contributed by atoms with Crippen molar-refractivity contribution in [2.45, 2.75) is 13.0 Å². The standard InChI is InChI=1S/C22H20N2O2.C2H6O/c23-12-13-25-19-10-5-9-17-21(19)16-8-4-11-20-22(16)24(17)18(14-26-20)15-6-2-1-3-7-15;1-2-3/h1-11,18H,12-14,23H2;3H,2H2,1H3. The number of hydrogen-bond donors (Lipinski definition) is 2. The topological polar surface area (TPSA) is 69.6 Å². The van der Waals surface area contributed by atoms with E-state index in [-0.39, 0.29) is 12.6 Å². The molecule has 0 aliphatic carbocycles. The molecule has 1 aromatic heterocycles. The van der Waals surface area contributed by atoms with E-state index < -0.39 is 0 Å². The maximum absolute atomic E-state index is 7.57. The van der Waals surface area contributed by atoms with E-state index >= 15 is 0 Å². The second-order valence-corrected chi connectivity index (χ2v) is 6.86. The van der Waals surface area contributed by atoms with Crippen molar-refractivity contribution in [3.8, 4) is 11.5 Å². The molecule has 0 saturated carbocycles. The molecule has 0 amide bonds. The first-order chi connectivity index (χ1) is 14.3. The van der Waals surface area contributed by atoms with Gasteiger partial charge >= 0.3 is 0 Å². The van der Waals surface area contributed by atoms with Gasteiger partial charge in [-0.3, -0.25) is 0 Å². The molecule has 1 atom stereocenters. The van der Waals surface area contributed by atoms with Gasteiger partial charge in [0.05, 0.1) is 17.1 Å². The number of nitrogens with zero attached hydrogens (tertiary/aromatic N) is 1. The van der Waals surface area contributed by atoms with E-state index in [4.69, 9.17) is 20.3 Å². The Morgan fingerprint density at radius 2 is 1.83 bits per heavy atom. The fourth-order valence-electron chi connectivity index (χ4n) is 3.98. The van der Waals surface area contributed by atoms with Crippen molar-refractivity contribution in [3.05, 3.63) is 72.3 Å². The minimum absolute atomic E-state index is 0.135. The average Bonchev–Trinajstić information content (AvgIpc) is 3.11. The molecule has 4 aromatic rings. The highest BCUT2D eigenvalue weighted by Crippen LogP contribution is 2.44. The number of fused-ring (bicyclic) bond motifs is 3. The van der Waals surface area contributed by atoms with E-state index in [2.05, 4.69) is 41.0 Å². The number of nitrogens with two attached hydrogens (primary N) is 1. The molecule has 1 aliphatic rings. The minimum Gasteiger partial charge on any atom is -0.492 e. The molecule has 2 heterocycles. The lowest BCUT2D eigenvalue weighted by molar-refractivity contribution is 0.262. The van der Waals surface area contributed by atoms with Crippen molar-refractivity contribution in [1.82, 2.24) is 4.57 Å². The molecule has 5 rings (SSSR count). The SMILES string of the molecule is CCO.NCCOc1cccc2c1c1cccc3c1n2C(c1ccccc1)CO3. The summed E-state index contributed by atoms with van der Waals surface area (Å²) in [5.74, 6) is 1.80. The van der Waals surface area contributed by atoms with Gasteiger partial charge in [0, 0.05) is 23.9 Å². The number of hydrogen-bond acceptors (Lipinski definition) is 4. The highest BCUT2D eigenvalue weighted by atomic mass is 16.5. The lowest BCUT2D eigenvalue weighted by atomic mass is 10.1. The molecule has 150 valence electrons. The monoisotopic (exact) mass is 390 g/mol. The molecule has 5 nitrogen and oxygen atoms in total. The number of rotatable bonds is 4. The summed E-state index contributed by atoms with van der Waals surface area (Å²) in [6, 6.07) is 23.1. The van der Waals surface area contributed by atoms with Gasteiger partial charge in [0.1, 0.15) is 24.7 Å². The van der Waals surface area contributed by atoms with E-state index in [0.29, 0.717) is 19.8 Å². The molecule has 29 heavy (non-hydrogen) atoms. The fourth-order valence-corrected chi connectivity index (χ4v) is 3.98. The molecule has 0 fully saturated rings. The summed E-state index contributed by atoms with van der Waals surface area (Å²) in [5.41, 5.74) is 9.19. The molecule has 3 N–H and O–H groups in total. The molecule has 5 heteroatoms. The Balaban J connectivity index is 0.000000645. The van der Waals surface area contributed by atoms with Gasteiger partial charge in [-0.1, -0.05) is 48.5 Å². The number of ether oxygens (including phenoxy) is 2. The Hall–Kier alpha value is -3.02. The Morgan fingerprint density at radius 1 is 1.07 bits per heavy atom. The summed E-state index contributed by atoms with van der Waals surface area (Å²) in [6.45, 7) is 3.55. The first-order valence-corrected chi connectivity index (χ1v) is 9.97. The number of aliphatic hydroxyl groups excluding tert-OH is 1. The molecule has 1 aliphatic heterocycles. The van der Waals surface area contributed by atoms with E-state index in [1.54, 1.807) is 6.92 Å². The average molecular weight is 390 g/mol. The second kappa shape index (κ2) is 8.55. The highest BCUT2D eigenvalue weighted by molar-refractivity contribution is 6.13. The van der Waals surface area contributed by atoms with Gasteiger partial charge in [0.25, 0.3) is 0 Å². The van der Waals surface area contributed by atoms with Crippen molar-refractivity contribution in [2.75, 3.05) is 26.4 Å². The van der Waals surface area contributed by atoms with Crippen LogP contribution in [0, 0.1) is 0 Å². The summed E-state index contributed by atoms with van der Waals surface area (Å²) in [4.78, 5) is 0. The number of para-hydroxylation sites is 1. The molecule has 3 aromatic carbocycles. The van der Waals surface area contributed by atoms with Crippen molar-refractivity contribution >= 4 is 21.8 Å². The van der Waals surface area contributed by atoms with Crippen LogP contribution in [0.25, 0.3) is 21.8 Å². The zero-order valence-corrected chi connectivity index (χ0v) is 16.5. The third-order valence-electron chi connectivity index (χ3n) is 5.04. The van der Waals surface area contributed by atoms with Crippen LogP contribution in [0.5, 0.6) is 11.5 Å². The lowest BCUT2D eigenvalue weighted by Crippen LogP contribution is -2.22. The zero-order valence-electron chi connectivity index (χ0n) is 16.5. The van der Waals surface area contributed by atoms with Gasteiger partial charge in [-0.15, -0.1) is 0 Å². The van der Waals surface area contributed by atoms with Crippen LogP contribution in [0.3, 0.4) is 0 Å². The summed E-state index contributed by atoms with van der Waals surface area (Å²) in [6.07, 6.45) is 0. The van der Waals surface area contributed by atoms with Crippen molar-refractivity contribution in [3.63, 3.8) is 0 Å². The highest BCUT2D eigenvalue weighted by Gasteiger charge is 2.28. The van der Waals surface area contributed by atoms with Gasteiger partial charge in [-0.05, 0) is 30.7 Å². The quantitative estimate of drug-likeness (QED) is 0.550. The van der Waals surface area contributed by atoms with Crippen LogP contribution in [0.15, 0.2) is 66.7 Å². The largest absolute Gasteiger partial charge is 0.492 e. The van der Waals surface area contributed by atoms with E-state index in [1.165, 1.54) is 11.1 Å². The molecule has 0 spiro atoms. The van der Waals surface area contributed by atoms with Crippen LogP contribution in [-0.4, -0.2) is 36.0 Å². The molecule has 0 radical (unpaired) electrons. The maximum atomic E-state index is 7.57. The van der Waals surface area contributed by atoms with Crippen LogP contribution in [0.1, 0.15) is 18.5 Å². The summed E-state index contributed by atoms with van der Waals surface area (Å²) in [5, 5.41) is 9.86. The number of benzene rings is 3.